The number of rotatable bonds is 3. The van der Waals surface area contributed by atoms with Crippen molar-refractivity contribution in [2.24, 2.45) is 0 Å². The normalized spacial score (nSPS) is 24.9. The summed E-state index contributed by atoms with van der Waals surface area (Å²) in [6.45, 7) is 2.34. The monoisotopic (exact) mass is 340 g/mol. The third kappa shape index (κ3) is 3.67. The van der Waals surface area contributed by atoms with Crippen LogP contribution < -0.4 is 10.2 Å². The van der Waals surface area contributed by atoms with Gasteiger partial charge in [0, 0.05) is 35.3 Å². The number of halogens is 1. The number of hydrogen-bond acceptors (Lipinski definition) is 3. The molecule has 2 fully saturated rings. The molecule has 0 aliphatic carbocycles. The van der Waals surface area contributed by atoms with Crippen molar-refractivity contribution >= 4 is 33.4 Å². The minimum absolute atomic E-state index is 0.678. The van der Waals surface area contributed by atoms with Crippen LogP contribution in [0.5, 0.6) is 0 Å². The maximum absolute atomic E-state index is 3.86. The zero-order valence-corrected chi connectivity index (χ0v) is 13.5. The first-order valence-electron chi connectivity index (χ1n) is 7.15. The molecular formula is C15H21BrN2S. The molecule has 4 heteroatoms. The van der Waals surface area contributed by atoms with Crippen molar-refractivity contribution in [1.29, 1.82) is 0 Å². The van der Waals surface area contributed by atoms with E-state index in [-0.39, 0.29) is 0 Å². The topological polar surface area (TPSA) is 15.3 Å². The van der Waals surface area contributed by atoms with Crippen molar-refractivity contribution in [2.75, 3.05) is 29.5 Å². The summed E-state index contributed by atoms with van der Waals surface area (Å²) < 4.78 is 1.16. The summed E-state index contributed by atoms with van der Waals surface area (Å²) in [5.41, 5.74) is 1.35. The van der Waals surface area contributed by atoms with Crippen LogP contribution in [-0.2, 0) is 0 Å². The molecule has 2 nitrogen and oxygen atoms in total. The Morgan fingerprint density at radius 2 is 1.79 bits per heavy atom. The Hall–Kier alpha value is -0.190. The third-order valence-corrected chi connectivity index (χ3v) is 5.65. The van der Waals surface area contributed by atoms with Crippen LogP contribution in [0.4, 0.5) is 5.69 Å². The summed E-state index contributed by atoms with van der Waals surface area (Å²) in [7, 11) is 0. The Labute approximate surface area is 128 Å². The second kappa shape index (κ2) is 6.51. The summed E-state index contributed by atoms with van der Waals surface area (Å²) in [4.78, 5) is 2.50. The summed E-state index contributed by atoms with van der Waals surface area (Å²) in [5, 5.41) is 3.86. The molecule has 1 atom stereocenters. The van der Waals surface area contributed by atoms with E-state index in [2.05, 4.69) is 62.2 Å². The van der Waals surface area contributed by atoms with E-state index in [0.29, 0.717) is 6.04 Å². The van der Waals surface area contributed by atoms with Gasteiger partial charge in [-0.3, -0.25) is 0 Å². The largest absolute Gasteiger partial charge is 0.370 e. The van der Waals surface area contributed by atoms with Gasteiger partial charge in [-0.15, -0.1) is 0 Å². The van der Waals surface area contributed by atoms with E-state index in [1.165, 1.54) is 43.0 Å². The highest BCUT2D eigenvalue weighted by atomic mass is 79.9. The fraction of sp³-hybridized carbons (Fsp3) is 0.600. The van der Waals surface area contributed by atoms with E-state index in [9.17, 15) is 0 Å². The molecule has 1 unspecified atom stereocenters. The Bertz CT molecular complexity index is 403. The first-order valence-corrected chi connectivity index (χ1v) is 9.10. The molecule has 3 rings (SSSR count). The molecule has 19 heavy (non-hydrogen) atoms. The van der Waals surface area contributed by atoms with E-state index in [1.54, 1.807) is 0 Å². The molecule has 2 heterocycles. The Kier molecular flexibility index (Phi) is 4.72. The van der Waals surface area contributed by atoms with Crippen LogP contribution in [0.15, 0.2) is 28.7 Å². The number of hydrogen-bond donors (Lipinski definition) is 1. The van der Waals surface area contributed by atoms with Gasteiger partial charge in [0.15, 0.2) is 0 Å². The molecule has 104 valence electrons. The highest BCUT2D eigenvalue weighted by Gasteiger charge is 2.25. The van der Waals surface area contributed by atoms with Crippen LogP contribution in [-0.4, -0.2) is 36.7 Å². The van der Waals surface area contributed by atoms with Gasteiger partial charge in [0.05, 0.1) is 0 Å². The molecular weight excluding hydrogens is 320 g/mol. The van der Waals surface area contributed by atoms with Crippen molar-refractivity contribution in [3.63, 3.8) is 0 Å². The van der Waals surface area contributed by atoms with E-state index in [1.807, 2.05) is 0 Å². The lowest BCUT2D eigenvalue weighted by Crippen LogP contribution is -2.41. The zero-order chi connectivity index (χ0) is 13.1. The van der Waals surface area contributed by atoms with Gasteiger partial charge >= 0.3 is 0 Å². The van der Waals surface area contributed by atoms with Gasteiger partial charge in [0.2, 0.25) is 0 Å². The SMILES string of the molecule is Brc1ccc(N2CCC(NC3CCSCC3)C2)cc1. The van der Waals surface area contributed by atoms with Gasteiger partial charge in [-0.25, -0.2) is 0 Å². The van der Waals surface area contributed by atoms with Gasteiger partial charge in [0.1, 0.15) is 0 Å². The minimum atomic E-state index is 0.678. The Balaban J connectivity index is 1.53. The second-order valence-corrected chi connectivity index (χ2v) is 7.60. The number of nitrogens with zero attached hydrogens (tertiary/aromatic N) is 1. The minimum Gasteiger partial charge on any atom is -0.370 e. The molecule has 2 saturated heterocycles. The number of benzene rings is 1. The van der Waals surface area contributed by atoms with E-state index in [0.717, 1.165) is 17.1 Å². The third-order valence-electron chi connectivity index (χ3n) is 4.07. The average Bonchev–Trinajstić information content (AvgIpc) is 2.89. The summed E-state index contributed by atoms with van der Waals surface area (Å²) in [6.07, 6.45) is 3.97. The second-order valence-electron chi connectivity index (χ2n) is 5.46. The molecule has 0 bridgehead atoms. The predicted molar refractivity (Wildman–Crippen MR) is 88.2 cm³/mol. The summed E-state index contributed by atoms with van der Waals surface area (Å²) in [5.74, 6) is 2.67. The van der Waals surface area contributed by atoms with Crippen LogP contribution in [0.25, 0.3) is 0 Å². The first-order chi connectivity index (χ1) is 9.31. The van der Waals surface area contributed by atoms with Gasteiger partial charge in [-0.1, -0.05) is 15.9 Å². The van der Waals surface area contributed by atoms with E-state index < -0.39 is 0 Å². The smallest absolute Gasteiger partial charge is 0.0367 e. The lowest BCUT2D eigenvalue weighted by atomic mass is 10.1. The maximum Gasteiger partial charge on any atom is 0.0367 e. The van der Waals surface area contributed by atoms with Crippen molar-refractivity contribution in [2.45, 2.75) is 31.3 Å². The average molecular weight is 341 g/mol. The first kappa shape index (κ1) is 13.8. The molecule has 2 aliphatic rings. The van der Waals surface area contributed by atoms with Crippen LogP contribution in [0.3, 0.4) is 0 Å². The van der Waals surface area contributed by atoms with Crippen LogP contribution in [0.1, 0.15) is 19.3 Å². The lowest BCUT2D eigenvalue weighted by Gasteiger charge is -2.26. The molecule has 1 aromatic carbocycles. The Morgan fingerprint density at radius 1 is 1.05 bits per heavy atom. The molecule has 0 saturated carbocycles. The summed E-state index contributed by atoms with van der Waals surface area (Å²) in [6, 6.07) is 10.1. The maximum atomic E-state index is 3.86. The van der Waals surface area contributed by atoms with Crippen LogP contribution in [0, 0.1) is 0 Å². The standard InChI is InChI=1S/C15H21BrN2S/c16-12-1-3-15(4-2-12)18-8-5-14(11-18)17-13-6-9-19-10-7-13/h1-4,13-14,17H,5-11H2. The molecule has 1 aromatic rings. The van der Waals surface area contributed by atoms with Gasteiger partial charge in [-0.05, 0) is 55.0 Å². The highest BCUT2D eigenvalue weighted by Crippen LogP contribution is 2.24. The molecule has 0 spiro atoms. The van der Waals surface area contributed by atoms with Gasteiger partial charge in [-0.2, -0.15) is 11.8 Å². The van der Waals surface area contributed by atoms with E-state index in [4.69, 9.17) is 0 Å². The van der Waals surface area contributed by atoms with E-state index >= 15 is 0 Å². The molecule has 2 aliphatic heterocycles. The predicted octanol–water partition coefficient (Wildman–Crippen LogP) is 3.51. The van der Waals surface area contributed by atoms with Crippen molar-refractivity contribution in [3.05, 3.63) is 28.7 Å². The number of thioether (sulfide) groups is 1. The van der Waals surface area contributed by atoms with Crippen LogP contribution in [0.2, 0.25) is 0 Å². The molecule has 0 amide bonds. The fourth-order valence-corrected chi connectivity index (χ4v) is 4.35. The lowest BCUT2D eigenvalue weighted by molar-refractivity contribution is 0.424. The van der Waals surface area contributed by atoms with Crippen molar-refractivity contribution < 1.29 is 0 Å². The Morgan fingerprint density at radius 3 is 2.53 bits per heavy atom. The number of nitrogens with one attached hydrogen (secondary N) is 1. The molecule has 1 N–H and O–H groups in total. The molecule has 0 aromatic heterocycles. The molecule has 0 radical (unpaired) electrons. The van der Waals surface area contributed by atoms with Crippen molar-refractivity contribution in [3.8, 4) is 0 Å². The highest BCUT2D eigenvalue weighted by molar-refractivity contribution is 9.10. The number of anilines is 1. The van der Waals surface area contributed by atoms with Gasteiger partial charge in [0.25, 0.3) is 0 Å². The summed E-state index contributed by atoms with van der Waals surface area (Å²) >= 11 is 5.60. The van der Waals surface area contributed by atoms with Crippen LogP contribution >= 0.6 is 27.7 Å². The fourth-order valence-electron chi connectivity index (χ4n) is 2.98. The zero-order valence-electron chi connectivity index (χ0n) is 11.1. The van der Waals surface area contributed by atoms with Crippen molar-refractivity contribution in [1.82, 2.24) is 5.32 Å². The quantitative estimate of drug-likeness (QED) is 0.906. The van der Waals surface area contributed by atoms with Gasteiger partial charge < -0.3 is 10.2 Å².